The maximum absolute atomic E-state index is 12.7. The molecule has 8 heteroatoms. The van der Waals surface area contributed by atoms with Gasteiger partial charge in [-0.05, 0) is 25.0 Å². The fourth-order valence-corrected chi connectivity index (χ4v) is 3.14. The zero-order chi connectivity index (χ0) is 15.4. The minimum Gasteiger partial charge on any atom is -0.360 e. The molecule has 118 valence electrons. The third-order valence-electron chi connectivity index (χ3n) is 3.67. The normalized spacial score (nSPS) is 18.6. The monoisotopic (exact) mass is 322 g/mol. The summed E-state index contributed by atoms with van der Waals surface area (Å²) in [5.74, 6) is 2.87. The van der Waals surface area contributed by atoms with Crippen LogP contribution in [-0.2, 0) is 5.75 Å². The molecule has 2 aromatic rings. The molecule has 0 N–H and O–H groups in total. The number of piperidine rings is 1. The maximum atomic E-state index is 12.7. The smallest absolute Gasteiger partial charge is 0.276 e. The van der Waals surface area contributed by atoms with E-state index >= 15 is 0 Å². The number of carbonyl (C=O) groups is 1. The Bertz CT molecular complexity index is 613. The van der Waals surface area contributed by atoms with Crippen LogP contribution in [0.3, 0.4) is 0 Å². The van der Waals surface area contributed by atoms with E-state index in [1.54, 1.807) is 22.7 Å². The number of hydrogen-bond acceptors (Lipinski definition) is 7. The first-order chi connectivity index (χ1) is 10.8. The van der Waals surface area contributed by atoms with E-state index in [0.29, 0.717) is 18.1 Å². The highest BCUT2D eigenvalue weighted by molar-refractivity contribution is 7.98. The van der Waals surface area contributed by atoms with Gasteiger partial charge in [0.1, 0.15) is 5.76 Å². The zero-order valence-corrected chi connectivity index (χ0v) is 13.2. The van der Waals surface area contributed by atoms with Crippen molar-refractivity contribution in [3.63, 3.8) is 0 Å². The van der Waals surface area contributed by atoms with Gasteiger partial charge in [0.25, 0.3) is 5.91 Å². The van der Waals surface area contributed by atoms with Gasteiger partial charge in [0.2, 0.25) is 6.39 Å². The number of amides is 1. The molecule has 2 aromatic heterocycles. The molecule has 1 aliphatic rings. The molecule has 1 saturated heterocycles. The van der Waals surface area contributed by atoms with Crippen molar-refractivity contribution >= 4 is 17.7 Å². The molecule has 0 bridgehead atoms. The van der Waals surface area contributed by atoms with Crippen LogP contribution in [0.15, 0.2) is 21.5 Å². The molecule has 1 unspecified atom stereocenters. The summed E-state index contributed by atoms with van der Waals surface area (Å²) in [4.78, 5) is 18.6. The summed E-state index contributed by atoms with van der Waals surface area (Å²) in [6.45, 7) is 2.75. The van der Waals surface area contributed by atoms with Crippen molar-refractivity contribution in [3.8, 4) is 0 Å². The summed E-state index contributed by atoms with van der Waals surface area (Å²) in [7, 11) is 0. The molecule has 0 aliphatic carbocycles. The van der Waals surface area contributed by atoms with E-state index in [0.717, 1.165) is 36.5 Å². The van der Waals surface area contributed by atoms with Gasteiger partial charge < -0.3 is 13.9 Å². The summed E-state index contributed by atoms with van der Waals surface area (Å²) < 4.78 is 10.1. The van der Waals surface area contributed by atoms with Gasteiger partial charge in [-0.3, -0.25) is 4.79 Å². The molecule has 1 fully saturated rings. The van der Waals surface area contributed by atoms with Crippen LogP contribution in [0.25, 0.3) is 0 Å². The number of rotatable bonds is 5. The lowest BCUT2D eigenvalue weighted by Gasteiger charge is -2.33. The third-order valence-corrected chi connectivity index (χ3v) is 4.56. The van der Waals surface area contributed by atoms with Gasteiger partial charge in [-0.2, -0.15) is 16.7 Å². The van der Waals surface area contributed by atoms with E-state index in [9.17, 15) is 4.79 Å². The van der Waals surface area contributed by atoms with Crippen molar-refractivity contribution in [2.75, 3.05) is 12.3 Å². The number of aromatic nitrogens is 3. The molecule has 3 rings (SSSR count). The van der Waals surface area contributed by atoms with Gasteiger partial charge in [-0.25, -0.2) is 0 Å². The molecule has 22 heavy (non-hydrogen) atoms. The van der Waals surface area contributed by atoms with Gasteiger partial charge in [0.15, 0.2) is 11.5 Å². The van der Waals surface area contributed by atoms with E-state index < -0.39 is 0 Å². The maximum Gasteiger partial charge on any atom is 0.276 e. The Morgan fingerprint density at radius 2 is 2.36 bits per heavy atom. The second kappa shape index (κ2) is 6.95. The first kappa shape index (κ1) is 15.1. The largest absolute Gasteiger partial charge is 0.360 e. The van der Waals surface area contributed by atoms with Crippen molar-refractivity contribution in [2.45, 2.75) is 38.0 Å². The Kier molecular flexibility index (Phi) is 4.77. The highest BCUT2D eigenvalue weighted by Gasteiger charge is 2.32. The highest BCUT2D eigenvalue weighted by Crippen LogP contribution is 2.30. The fourth-order valence-electron chi connectivity index (χ4n) is 2.60. The predicted octanol–water partition coefficient (Wildman–Crippen LogP) is 2.68. The average Bonchev–Trinajstić information content (AvgIpc) is 3.24. The number of likely N-dealkylation sites (tertiary alicyclic amines) is 1. The van der Waals surface area contributed by atoms with Crippen LogP contribution in [-0.4, -0.2) is 38.4 Å². The number of thioether (sulfide) groups is 1. The average molecular weight is 322 g/mol. The van der Waals surface area contributed by atoms with Crippen LogP contribution < -0.4 is 0 Å². The molecule has 1 aliphatic heterocycles. The van der Waals surface area contributed by atoms with Crippen molar-refractivity contribution in [1.82, 2.24) is 20.2 Å². The topological polar surface area (TPSA) is 85.3 Å². The van der Waals surface area contributed by atoms with Gasteiger partial charge in [-0.1, -0.05) is 17.2 Å². The Morgan fingerprint density at radius 1 is 1.45 bits per heavy atom. The second-order valence-corrected chi connectivity index (χ2v) is 6.39. The Labute approximate surface area is 132 Å². The Morgan fingerprint density at radius 3 is 3.14 bits per heavy atom. The van der Waals surface area contributed by atoms with Crippen LogP contribution in [0.1, 0.15) is 54.3 Å². The first-order valence-corrected chi connectivity index (χ1v) is 8.55. The highest BCUT2D eigenvalue weighted by atomic mass is 32.2. The van der Waals surface area contributed by atoms with E-state index in [4.69, 9.17) is 9.05 Å². The number of hydrogen-bond donors (Lipinski definition) is 0. The van der Waals surface area contributed by atoms with Crippen LogP contribution in [0, 0.1) is 0 Å². The standard InChI is InChI=1S/C14H18N4O3S/c1-2-22-8-10-7-11(16-21-10)14(19)18-6-4-3-5-12(18)13-15-9-20-17-13/h7,9,12H,2-6,8H2,1H3. The molecule has 3 heterocycles. The van der Waals surface area contributed by atoms with E-state index in [2.05, 4.69) is 22.2 Å². The number of nitrogens with zero attached hydrogens (tertiary/aromatic N) is 4. The van der Waals surface area contributed by atoms with Crippen molar-refractivity contribution in [3.05, 3.63) is 29.7 Å². The fraction of sp³-hybridized carbons (Fsp3) is 0.571. The molecule has 7 nitrogen and oxygen atoms in total. The lowest BCUT2D eigenvalue weighted by Crippen LogP contribution is -2.39. The molecular weight excluding hydrogens is 304 g/mol. The molecule has 1 atom stereocenters. The molecule has 0 spiro atoms. The molecular formula is C14H18N4O3S. The van der Waals surface area contributed by atoms with Gasteiger partial charge in [0.05, 0.1) is 11.8 Å². The predicted molar refractivity (Wildman–Crippen MR) is 80.3 cm³/mol. The van der Waals surface area contributed by atoms with Crippen molar-refractivity contribution in [2.24, 2.45) is 0 Å². The van der Waals surface area contributed by atoms with Gasteiger partial charge >= 0.3 is 0 Å². The molecule has 0 radical (unpaired) electrons. The quantitative estimate of drug-likeness (QED) is 0.836. The van der Waals surface area contributed by atoms with Crippen molar-refractivity contribution in [1.29, 1.82) is 0 Å². The van der Waals surface area contributed by atoms with Crippen LogP contribution in [0.5, 0.6) is 0 Å². The van der Waals surface area contributed by atoms with Gasteiger partial charge in [0, 0.05) is 12.6 Å². The van der Waals surface area contributed by atoms with Crippen LogP contribution >= 0.6 is 11.8 Å². The summed E-state index contributed by atoms with van der Waals surface area (Å²) in [6.07, 6.45) is 4.14. The summed E-state index contributed by atoms with van der Waals surface area (Å²) in [6, 6.07) is 1.58. The van der Waals surface area contributed by atoms with E-state index in [1.165, 1.54) is 6.39 Å². The lowest BCUT2D eigenvalue weighted by atomic mass is 10.0. The minimum atomic E-state index is -0.148. The Hall–Kier alpha value is -1.83. The first-order valence-electron chi connectivity index (χ1n) is 7.40. The van der Waals surface area contributed by atoms with Crippen LogP contribution in [0.4, 0.5) is 0 Å². The van der Waals surface area contributed by atoms with Crippen molar-refractivity contribution < 1.29 is 13.8 Å². The SMILES string of the molecule is CCSCc1cc(C(=O)N2CCCCC2c2ncon2)no1. The minimum absolute atomic E-state index is 0.133. The third kappa shape index (κ3) is 3.16. The second-order valence-electron chi connectivity index (χ2n) is 5.12. The van der Waals surface area contributed by atoms with Crippen LogP contribution in [0.2, 0.25) is 0 Å². The zero-order valence-electron chi connectivity index (χ0n) is 12.4. The summed E-state index contributed by atoms with van der Waals surface area (Å²) in [5.41, 5.74) is 0.349. The Balaban J connectivity index is 1.75. The van der Waals surface area contributed by atoms with E-state index in [1.807, 2.05) is 0 Å². The summed E-state index contributed by atoms with van der Waals surface area (Å²) >= 11 is 1.73. The van der Waals surface area contributed by atoms with Gasteiger partial charge in [-0.15, -0.1) is 0 Å². The molecule has 0 aromatic carbocycles. The van der Waals surface area contributed by atoms with E-state index in [-0.39, 0.29) is 11.9 Å². The molecule has 0 saturated carbocycles. The molecule has 1 amide bonds. The number of carbonyl (C=O) groups excluding carboxylic acids is 1. The lowest BCUT2D eigenvalue weighted by molar-refractivity contribution is 0.0586. The summed E-state index contributed by atoms with van der Waals surface area (Å²) in [5, 5.41) is 7.80.